The molecular weight excluding hydrogens is 272 g/mol. The van der Waals surface area contributed by atoms with Crippen molar-refractivity contribution >= 4 is 17.8 Å². The molecule has 0 saturated heterocycles. The van der Waals surface area contributed by atoms with Crippen molar-refractivity contribution in [1.82, 2.24) is 10.6 Å². The van der Waals surface area contributed by atoms with Crippen molar-refractivity contribution in [2.45, 2.75) is 59.1 Å². The van der Waals surface area contributed by atoms with Gasteiger partial charge in [-0.15, -0.1) is 0 Å². The maximum Gasteiger partial charge on any atom is 0.408 e. The number of nitrogens with two attached hydrogens (primary N) is 1. The lowest BCUT2D eigenvalue weighted by Crippen LogP contribution is -2.45. The molecule has 7 heteroatoms. The number of Topliss-reactive ketones (excluding diaryl/α,β-unsaturated/α-hetero) is 1. The molecule has 5 N–H and O–H groups in total. The van der Waals surface area contributed by atoms with Crippen LogP contribution in [-0.2, 0) is 9.53 Å². The number of ether oxygens (including phenoxy) is 1. The lowest BCUT2D eigenvalue weighted by Gasteiger charge is -2.24. The van der Waals surface area contributed by atoms with Crippen LogP contribution in [-0.4, -0.2) is 36.0 Å². The summed E-state index contributed by atoms with van der Waals surface area (Å²) in [5.74, 6) is -0.323. The highest BCUT2D eigenvalue weighted by molar-refractivity contribution is 5.88. The Morgan fingerprint density at radius 3 is 2.29 bits per heavy atom. The molecule has 21 heavy (non-hydrogen) atoms. The van der Waals surface area contributed by atoms with Crippen LogP contribution >= 0.6 is 0 Å². The number of alkyl carbamates (subject to hydrolysis) is 1. The second-order valence-corrected chi connectivity index (χ2v) is 6.24. The van der Waals surface area contributed by atoms with Crippen LogP contribution in [0.15, 0.2) is 0 Å². The molecule has 7 nitrogen and oxygen atoms in total. The summed E-state index contributed by atoms with van der Waals surface area (Å²) < 4.78 is 5.17. The van der Waals surface area contributed by atoms with Crippen LogP contribution in [0, 0.1) is 11.3 Å². The van der Waals surface area contributed by atoms with Crippen LogP contribution in [0.1, 0.15) is 47.5 Å². The van der Waals surface area contributed by atoms with E-state index >= 15 is 0 Å². The van der Waals surface area contributed by atoms with E-state index in [0.29, 0.717) is 19.4 Å². The van der Waals surface area contributed by atoms with Gasteiger partial charge in [0.15, 0.2) is 11.7 Å². The van der Waals surface area contributed by atoms with Crippen molar-refractivity contribution < 1.29 is 14.3 Å². The number of hydrogen-bond acceptors (Lipinski definition) is 4. The number of carbonyl (C=O) groups excluding carboxylic acids is 2. The van der Waals surface area contributed by atoms with Gasteiger partial charge in [-0.25, -0.2) is 4.79 Å². The summed E-state index contributed by atoms with van der Waals surface area (Å²) in [5.41, 5.74) is 4.58. The molecule has 0 heterocycles. The molecule has 0 aliphatic carbocycles. The van der Waals surface area contributed by atoms with Crippen molar-refractivity contribution in [2.24, 2.45) is 11.7 Å². The molecule has 0 fully saturated rings. The number of hydrogen-bond donors (Lipinski definition) is 4. The molecule has 0 radical (unpaired) electrons. The Morgan fingerprint density at radius 2 is 1.86 bits per heavy atom. The molecular formula is C14H28N4O3. The Bertz CT molecular complexity index is 375. The van der Waals surface area contributed by atoms with E-state index in [9.17, 15) is 9.59 Å². The highest BCUT2D eigenvalue weighted by Gasteiger charge is 2.25. The first-order valence-electron chi connectivity index (χ1n) is 7.14. The third-order valence-corrected chi connectivity index (χ3v) is 2.59. The maximum absolute atomic E-state index is 12.1. The smallest absolute Gasteiger partial charge is 0.408 e. The minimum absolute atomic E-state index is 0.0383. The van der Waals surface area contributed by atoms with Gasteiger partial charge in [0.25, 0.3) is 0 Å². The number of guanidine groups is 1. The van der Waals surface area contributed by atoms with Crippen LogP contribution in [0.5, 0.6) is 0 Å². The molecule has 1 unspecified atom stereocenters. The zero-order valence-corrected chi connectivity index (χ0v) is 13.6. The molecule has 0 rings (SSSR count). The Balaban J connectivity index is 4.50. The summed E-state index contributed by atoms with van der Waals surface area (Å²) in [5, 5.41) is 12.3. The van der Waals surface area contributed by atoms with Crippen LogP contribution in [0.2, 0.25) is 0 Å². The number of amides is 1. The Kier molecular flexibility index (Phi) is 7.76. The molecule has 0 aromatic rings. The molecule has 0 bridgehead atoms. The van der Waals surface area contributed by atoms with Crippen LogP contribution in [0.3, 0.4) is 0 Å². The standard InChI is InChI=1S/C14H28N4O3/c1-9(2)11(19)10(7-6-8-17-12(15)16)18-13(20)21-14(3,4)5/h9-10H,6-8H2,1-5H3,(H,18,20)(H4,15,16,17). The number of nitrogens with one attached hydrogen (secondary N) is 3. The quantitative estimate of drug-likeness (QED) is 0.322. The summed E-state index contributed by atoms with van der Waals surface area (Å²) >= 11 is 0. The van der Waals surface area contributed by atoms with Crippen molar-refractivity contribution in [3.8, 4) is 0 Å². The highest BCUT2D eigenvalue weighted by Crippen LogP contribution is 2.10. The van der Waals surface area contributed by atoms with E-state index in [2.05, 4.69) is 10.6 Å². The first-order valence-corrected chi connectivity index (χ1v) is 7.14. The molecule has 0 aromatic heterocycles. The van der Waals surface area contributed by atoms with E-state index < -0.39 is 17.7 Å². The molecule has 0 aliphatic heterocycles. The Morgan fingerprint density at radius 1 is 1.29 bits per heavy atom. The summed E-state index contributed by atoms with van der Waals surface area (Å²) in [6, 6.07) is -0.589. The number of carbonyl (C=O) groups is 2. The van der Waals surface area contributed by atoms with E-state index in [4.69, 9.17) is 15.9 Å². The van der Waals surface area contributed by atoms with Crippen molar-refractivity contribution in [3.63, 3.8) is 0 Å². The average molecular weight is 300 g/mol. The van der Waals surface area contributed by atoms with E-state index in [0.717, 1.165) is 0 Å². The maximum atomic E-state index is 12.1. The van der Waals surface area contributed by atoms with Gasteiger partial charge < -0.3 is 21.1 Å². The largest absolute Gasteiger partial charge is 0.444 e. The molecule has 1 amide bonds. The molecule has 0 aromatic carbocycles. The number of rotatable bonds is 7. The van der Waals surface area contributed by atoms with Gasteiger partial charge in [-0.05, 0) is 33.6 Å². The topological polar surface area (TPSA) is 117 Å². The van der Waals surface area contributed by atoms with Crippen molar-refractivity contribution in [2.75, 3.05) is 6.54 Å². The molecule has 0 spiro atoms. The molecule has 122 valence electrons. The predicted molar refractivity (Wildman–Crippen MR) is 82.2 cm³/mol. The molecule has 0 saturated carbocycles. The van der Waals surface area contributed by atoms with E-state index in [1.807, 2.05) is 0 Å². The first kappa shape index (κ1) is 19.2. The molecule has 1 atom stereocenters. The van der Waals surface area contributed by atoms with Gasteiger partial charge in [0.05, 0.1) is 6.04 Å². The first-order chi connectivity index (χ1) is 9.53. The van der Waals surface area contributed by atoms with Gasteiger partial charge in [-0.3, -0.25) is 10.2 Å². The second-order valence-electron chi connectivity index (χ2n) is 6.24. The zero-order chi connectivity index (χ0) is 16.6. The minimum atomic E-state index is -0.605. The van der Waals surface area contributed by atoms with Crippen LogP contribution in [0.4, 0.5) is 4.79 Å². The normalized spacial score (nSPS) is 12.7. The van der Waals surface area contributed by atoms with E-state index in [1.54, 1.807) is 34.6 Å². The lowest BCUT2D eigenvalue weighted by molar-refractivity contribution is -0.124. The predicted octanol–water partition coefficient (Wildman–Crippen LogP) is 1.37. The van der Waals surface area contributed by atoms with Gasteiger partial charge in [-0.1, -0.05) is 13.8 Å². The fourth-order valence-corrected chi connectivity index (χ4v) is 1.67. The fourth-order valence-electron chi connectivity index (χ4n) is 1.67. The second kappa shape index (κ2) is 8.49. The van der Waals surface area contributed by atoms with E-state index in [1.165, 1.54) is 0 Å². The van der Waals surface area contributed by atoms with E-state index in [-0.39, 0.29) is 17.7 Å². The van der Waals surface area contributed by atoms with Gasteiger partial charge in [0.2, 0.25) is 0 Å². The minimum Gasteiger partial charge on any atom is -0.444 e. The summed E-state index contributed by atoms with van der Waals surface area (Å²) in [4.78, 5) is 23.9. The Hall–Kier alpha value is -1.79. The summed E-state index contributed by atoms with van der Waals surface area (Å²) in [6.45, 7) is 9.36. The third kappa shape index (κ3) is 9.70. The highest BCUT2D eigenvalue weighted by atomic mass is 16.6. The van der Waals surface area contributed by atoms with Gasteiger partial charge in [0, 0.05) is 12.5 Å². The average Bonchev–Trinajstić information content (AvgIpc) is 2.29. The summed E-state index contributed by atoms with van der Waals surface area (Å²) in [7, 11) is 0. The van der Waals surface area contributed by atoms with Crippen LogP contribution in [0.25, 0.3) is 0 Å². The zero-order valence-electron chi connectivity index (χ0n) is 13.6. The van der Waals surface area contributed by atoms with Gasteiger partial charge in [0.1, 0.15) is 5.60 Å². The van der Waals surface area contributed by atoms with Crippen molar-refractivity contribution in [3.05, 3.63) is 0 Å². The summed E-state index contributed by atoms with van der Waals surface area (Å²) in [6.07, 6.45) is 0.482. The van der Waals surface area contributed by atoms with Gasteiger partial charge >= 0.3 is 6.09 Å². The third-order valence-electron chi connectivity index (χ3n) is 2.59. The Labute approximate surface area is 126 Å². The number of ketones is 1. The molecule has 0 aliphatic rings. The fraction of sp³-hybridized carbons (Fsp3) is 0.786. The van der Waals surface area contributed by atoms with Crippen LogP contribution < -0.4 is 16.4 Å². The SMILES string of the molecule is CC(C)C(=O)C(CCCNC(=N)N)NC(=O)OC(C)(C)C. The van der Waals surface area contributed by atoms with Crippen molar-refractivity contribution in [1.29, 1.82) is 5.41 Å². The monoisotopic (exact) mass is 300 g/mol. The van der Waals surface area contributed by atoms with Gasteiger partial charge in [-0.2, -0.15) is 0 Å². The lowest BCUT2D eigenvalue weighted by atomic mass is 9.98.